The number of rotatable bonds is 5. The average Bonchev–Trinajstić information content (AvgIpc) is 2.83. The van der Waals surface area contributed by atoms with E-state index in [4.69, 9.17) is 22.1 Å². The lowest BCUT2D eigenvalue weighted by Gasteiger charge is -2.23. The van der Waals surface area contributed by atoms with Gasteiger partial charge in [0.05, 0.1) is 0 Å². The van der Waals surface area contributed by atoms with Crippen LogP contribution in [0.1, 0.15) is 36.0 Å². The standard InChI is InChI=1S/C16H20ClNOS/c1-4-12-9-13(5-6-14(12)17)19-15(11(3)18)16-10(2)7-8-20-16/h5-9,11,15H,4,18H2,1-3H3. The molecule has 2 aromatic rings. The minimum Gasteiger partial charge on any atom is -0.483 e. The van der Waals surface area contributed by atoms with E-state index in [1.54, 1.807) is 11.3 Å². The third-order valence-corrected chi connectivity index (χ3v) is 4.75. The molecule has 2 atom stereocenters. The van der Waals surface area contributed by atoms with Gasteiger partial charge in [0.2, 0.25) is 0 Å². The Morgan fingerprint density at radius 2 is 2.10 bits per heavy atom. The highest BCUT2D eigenvalue weighted by Crippen LogP contribution is 2.32. The first-order chi connectivity index (χ1) is 9.52. The summed E-state index contributed by atoms with van der Waals surface area (Å²) in [6.07, 6.45) is 0.762. The molecular formula is C16H20ClNOS. The molecule has 4 heteroatoms. The molecule has 0 radical (unpaired) electrons. The Kier molecular flexibility index (Phi) is 5.08. The van der Waals surface area contributed by atoms with Crippen LogP contribution < -0.4 is 10.5 Å². The van der Waals surface area contributed by atoms with Gasteiger partial charge in [0.25, 0.3) is 0 Å². The average molecular weight is 310 g/mol. The molecule has 2 rings (SSSR count). The Bertz CT molecular complexity index is 580. The molecule has 0 aliphatic heterocycles. The summed E-state index contributed by atoms with van der Waals surface area (Å²) in [6, 6.07) is 7.81. The van der Waals surface area contributed by atoms with E-state index in [0.717, 1.165) is 22.8 Å². The van der Waals surface area contributed by atoms with Gasteiger partial charge < -0.3 is 10.5 Å². The highest BCUT2D eigenvalue weighted by Gasteiger charge is 2.21. The van der Waals surface area contributed by atoms with Crippen molar-refractivity contribution < 1.29 is 4.74 Å². The van der Waals surface area contributed by atoms with Crippen LogP contribution in [0.4, 0.5) is 0 Å². The van der Waals surface area contributed by atoms with Gasteiger partial charge in [-0.1, -0.05) is 18.5 Å². The van der Waals surface area contributed by atoms with Gasteiger partial charge in [0.15, 0.2) is 0 Å². The van der Waals surface area contributed by atoms with Crippen molar-refractivity contribution in [3.8, 4) is 5.75 Å². The predicted molar refractivity (Wildman–Crippen MR) is 86.9 cm³/mol. The fourth-order valence-electron chi connectivity index (χ4n) is 2.12. The zero-order valence-electron chi connectivity index (χ0n) is 12.0. The molecule has 1 aromatic carbocycles. The SMILES string of the molecule is CCc1cc(OC(c2sccc2C)C(C)N)ccc1Cl. The summed E-state index contributed by atoms with van der Waals surface area (Å²) in [6.45, 7) is 6.14. The minimum atomic E-state index is -0.124. The van der Waals surface area contributed by atoms with Crippen molar-refractivity contribution in [2.75, 3.05) is 0 Å². The molecule has 0 saturated heterocycles. The second-order valence-electron chi connectivity index (χ2n) is 4.97. The number of thiophene rings is 1. The Labute approximate surface area is 129 Å². The van der Waals surface area contributed by atoms with Crippen LogP contribution >= 0.6 is 22.9 Å². The summed E-state index contributed by atoms with van der Waals surface area (Å²) < 4.78 is 6.13. The zero-order valence-corrected chi connectivity index (χ0v) is 13.6. The lowest BCUT2D eigenvalue weighted by atomic mass is 10.1. The predicted octanol–water partition coefficient (Wildman–Crippen LogP) is 4.74. The van der Waals surface area contributed by atoms with E-state index in [-0.39, 0.29) is 12.1 Å². The third-order valence-electron chi connectivity index (χ3n) is 3.30. The fourth-order valence-corrected chi connectivity index (χ4v) is 3.44. The molecule has 1 aromatic heterocycles. The number of halogens is 1. The summed E-state index contributed by atoms with van der Waals surface area (Å²) in [5.74, 6) is 0.821. The largest absolute Gasteiger partial charge is 0.483 e. The monoisotopic (exact) mass is 309 g/mol. The maximum atomic E-state index is 6.14. The smallest absolute Gasteiger partial charge is 0.148 e. The zero-order chi connectivity index (χ0) is 14.7. The van der Waals surface area contributed by atoms with Crippen LogP contribution in [0.15, 0.2) is 29.6 Å². The van der Waals surface area contributed by atoms with Crippen molar-refractivity contribution in [1.82, 2.24) is 0 Å². The van der Waals surface area contributed by atoms with E-state index >= 15 is 0 Å². The molecule has 2 nitrogen and oxygen atoms in total. The number of nitrogens with two attached hydrogens (primary N) is 1. The third kappa shape index (κ3) is 3.35. The highest BCUT2D eigenvalue weighted by atomic mass is 35.5. The van der Waals surface area contributed by atoms with Crippen molar-refractivity contribution in [3.63, 3.8) is 0 Å². The molecule has 2 unspecified atom stereocenters. The first-order valence-electron chi connectivity index (χ1n) is 6.77. The van der Waals surface area contributed by atoms with Crippen LogP contribution in [-0.2, 0) is 6.42 Å². The molecule has 0 spiro atoms. The van der Waals surface area contributed by atoms with Gasteiger partial charge in [-0.25, -0.2) is 0 Å². The quantitative estimate of drug-likeness (QED) is 0.866. The molecule has 0 aliphatic carbocycles. The van der Waals surface area contributed by atoms with Crippen LogP contribution in [0, 0.1) is 6.92 Å². The van der Waals surface area contributed by atoms with Gasteiger partial charge in [0, 0.05) is 15.9 Å². The summed E-state index contributed by atoms with van der Waals surface area (Å²) >= 11 is 7.83. The van der Waals surface area contributed by atoms with Gasteiger partial charge in [0.1, 0.15) is 11.9 Å². The number of hydrogen-bond acceptors (Lipinski definition) is 3. The minimum absolute atomic E-state index is 0.0758. The molecular weight excluding hydrogens is 290 g/mol. The number of benzene rings is 1. The normalized spacial score (nSPS) is 14.1. The van der Waals surface area contributed by atoms with Gasteiger partial charge in [-0.3, -0.25) is 0 Å². The van der Waals surface area contributed by atoms with Crippen LogP contribution in [0.25, 0.3) is 0 Å². The number of aryl methyl sites for hydroxylation is 2. The summed E-state index contributed by atoms with van der Waals surface area (Å²) in [5, 5.41) is 2.85. The van der Waals surface area contributed by atoms with Crippen LogP contribution in [-0.4, -0.2) is 6.04 Å². The van der Waals surface area contributed by atoms with Gasteiger partial charge in [-0.15, -0.1) is 11.3 Å². The maximum absolute atomic E-state index is 6.14. The summed E-state index contributed by atoms with van der Waals surface area (Å²) in [4.78, 5) is 1.19. The molecule has 0 aliphatic rings. The van der Waals surface area contributed by atoms with Crippen molar-refractivity contribution in [3.05, 3.63) is 50.7 Å². The van der Waals surface area contributed by atoms with Gasteiger partial charge >= 0.3 is 0 Å². The van der Waals surface area contributed by atoms with Crippen LogP contribution in [0.3, 0.4) is 0 Å². The van der Waals surface area contributed by atoms with E-state index in [1.165, 1.54) is 10.4 Å². The second kappa shape index (κ2) is 6.61. The molecule has 2 N–H and O–H groups in total. The lowest BCUT2D eigenvalue weighted by Crippen LogP contribution is -2.28. The molecule has 0 amide bonds. The molecule has 1 heterocycles. The Balaban J connectivity index is 2.27. The summed E-state index contributed by atoms with van der Waals surface area (Å²) in [7, 11) is 0. The van der Waals surface area contributed by atoms with Crippen molar-refractivity contribution in [1.29, 1.82) is 0 Å². The van der Waals surface area contributed by atoms with Crippen LogP contribution in [0.2, 0.25) is 5.02 Å². The summed E-state index contributed by atoms with van der Waals surface area (Å²) in [5.41, 5.74) is 8.42. The topological polar surface area (TPSA) is 35.2 Å². The van der Waals surface area contributed by atoms with Crippen molar-refractivity contribution >= 4 is 22.9 Å². The van der Waals surface area contributed by atoms with Crippen molar-refractivity contribution in [2.24, 2.45) is 5.73 Å². The van der Waals surface area contributed by atoms with Gasteiger partial charge in [-0.05, 0) is 61.0 Å². The molecule has 108 valence electrons. The van der Waals surface area contributed by atoms with E-state index in [2.05, 4.69) is 25.3 Å². The van der Waals surface area contributed by atoms with E-state index in [1.807, 2.05) is 25.1 Å². The Morgan fingerprint density at radius 3 is 2.65 bits per heavy atom. The lowest BCUT2D eigenvalue weighted by molar-refractivity contribution is 0.183. The highest BCUT2D eigenvalue weighted by molar-refractivity contribution is 7.10. The van der Waals surface area contributed by atoms with E-state index in [9.17, 15) is 0 Å². The molecule has 0 saturated carbocycles. The Morgan fingerprint density at radius 1 is 1.35 bits per heavy atom. The first-order valence-corrected chi connectivity index (χ1v) is 8.03. The number of hydrogen-bond donors (Lipinski definition) is 1. The fraction of sp³-hybridized carbons (Fsp3) is 0.375. The molecule has 20 heavy (non-hydrogen) atoms. The molecule has 0 bridgehead atoms. The first kappa shape index (κ1) is 15.4. The van der Waals surface area contributed by atoms with E-state index in [0.29, 0.717) is 0 Å². The Hall–Kier alpha value is -1.03. The number of ether oxygens (including phenoxy) is 1. The van der Waals surface area contributed by atoms with Gasteiger partial charge in [-0.2, -0.15) is 0 Å². The van der Waals surface area contributed by atoms with Crippen LogP contribution in [0.5, 0.6) is 5.75 Å². The maximum Gasteiger partial charge on any atom is 0.148 e. The van der Waals surface area contributed by atoms with Crippen molar-refractivity contribution in [2.45, 2.75) is 39.3 Å². The van der Waals surface area contributed by atoms with E-state index < -0.39 is 0 Å². The molecule has 0 fully saturated rings. The second-order valence-corrected chi connectivity index (χ2v) is 6.33.